The molecule has 1 saturated carbocycles. The minimum absolute atomic E-state index is 0.136. The van der Waals surface area contributed by atoms with Crippen LogP contribution in [0.5, 0.6) is 11.5 Å². The number of aliphatic carboxylic acids is 2. The summed E-state index contributed by atoms with van der Waals surface area (Å²) in [5.41, 5.74) is 3.03. The van der Waals surface area contributed by atoms with E-state index in [0.29, 0.717) is 11.5 Å². The van der Waals surface area contributed by atoms with Crippen LogP contribution in [0.3, 0.4) is 0 Å². The average molecular weight is 371 g/mol. The highest BCUT2D eigenvalue weighted by Gasteiger charge is 2.71. The van der Waals surface area contributed by atoms with Crippen molar-refractivity contribution >= 4 is 11.9 Å². The minimum Gasteiger partial charge on any atom is -0.480 e. The zero-order valence-corrected chi connectivity index (χ0v) is 14.3. The largest absolute Gasteiger partial charge is 0.480 e. The predicted octanol–water partition coefficient (Wildman–Crippen LogP) is 2.91. The molecule has 0 saturated heterocycles. The second kappa shape index (κ2) is 5.79. The maximum absolute atomic E-state index is 14.5. The van der Waals surface area contributed by atoms with Gasteiger partial charge in [0, 0.05) is 29.4 Å². The van der Waals surface area contributed by atoms with Gasteiger partial charge in [0.15, 0.2) is 0 Å². The van der Waals surface area contributed by atoms with E-state index in [9.17, 15) is 19.1 Å². The normalized spacial score (nSPS) is 25.5. The molecule has 0 radical (unpaired) electrons. The van der Waals surface area contributed by atoms with Gasteiger partial charge < -0.3 is 20.7 Å². The lowest BCUT2D eigenvalue weighted by Gasteiger charge is -2.34. The van der Waals surface area contributed by atoms with Crippen molar-refractivity contribution in [3.05, 3.63) is 59.7 Å². The van der Waals surface area contributed by atoms with Crippen molar-refractivity contribution in [3.8, 4) is 11.5 Å². The molecule has 4 N–H and O–H groups in total. The standard InChI is InChI=1S/C20H18FNO5/c21-19(17(23)24)10-16(19)20(22,18(25)26)9-13-11-5-1-3-7-14(11)27-15-8-4-2-6-12(13)15/h1-8,13,16H,9-10,22H2,(H,23,24)(H,25,26)/t16-,19+,20+/m0/s1. The van der Waals surface area contributed by atoms with Crippen molar-refractivity contribution in [2.24, 2.45) is 11.7 Å². The molecule has 1 heterocycles. The van der Waals surface area contributed by atoms with E-state index >= 15 is 0 Å². The lowest BCUT2D eigenvalue weighted by molar-refractivity contribution is -0.149. The number of hydrogen-bond donors (Lipinski definition) is 3. The van der Waals surface area contributed by atoms with E-state index in [1.54, 1.807) is 36.4 Å². The molecule has 1 fully saturated rings. The highest BCUT2D eigenvalue weighted by atomic mass is 19.1. The second-order valence-corrected chi connectivity index (χ2v) is 7.20. The van der Waals surface area contributed by atoms with Gasteiger partial charge in [-0.2, -0.15) is 0 Å². The first-order valence-corrected chi connectivity index (χ1v) is 8.57. The fraction of sp³-hybridized carbons (Fsp3) is 0.300. The number of carboxylic acids is 2. The van der Waals surface area contributed by atoms with Crippen LogP contribution in [0.1, 0.15) is 29.9 Å². The van der Waals surface area contributed by atoms with Crippen LogP contribution < -0.4 is 10.5 Å². The van der Waals surface area contributed by atoms with Gasteiger partial charge in [-0.3, -0.25) is 4.79 Å². The van der Waals surface area contributed by atoms with Crippen LogP contribution in [0, 0.1) is 5.92 Å². The Morgan fingerprint density at radius 1 is 1.11 bits per heavy atom. The topological polar surface area (TPSA) is 110 Å². The lowest BCUT2D eigenvalue weighted by Crippen LogP contribution is -2.53. The fourth-order valence-corrected chi connectivity index (χ4v) is 4.01. The van der Waals surface area contributed by atoms with Crippen molar-refractivity contribution in [3.63, 3.8) is 0 Å². The number of alkyl halides is 1. The van der Waals surface area contributed by atoms with Crippen LogP contribution in [0.2, 0.25) is 0 Å². The van der Waals surface area contributed by atoms with Gasteiger partial charge in [0.1, 0.15) is 17.0 Å². The van der Waals surface area contributed by atoms with E-state index in [-0.39, 0.29) is 6.42 Å². The monoisotopic (exact) mass is 371 g/mol. The lowest BCUT2D eigenvalue weighted by atomic mass is 9.76. The first-order valence-electron chi connectivity index (χ1n) is 8.57. The summed E-state index contributed by atoms with van der Waals surface area (Å²) in [6, 6.07) is 14.4. The minimum atomic E-state index is -2.60. The molecule has 7 heteroatoms. The van der Waals surface area contributed by atoms with Gasteiger partial charge in [0.05, 0.1) is 0 Å². The smallest absolute Gasteiger partial charge is 0.341 e. The second-order valence-electron chi connectivity index (χ2n) is 7.20. The van der Waals surface area contributed by atoms with E-state index in [4.69, 9.17) is 15.6 Å². The molecule has 0 aromatic heterocycles. The summed E-state index contributed by atoms with van der Waals surface area (Å²) in [5.74, 6) is -3.66. The molecule has 4 rings (SSSR count). The van der Waals surface area contributed by atoms with E-state index in [1.807, 2.05) is 12.1 Å². The summed E-state index contributed by atoms with van der Waals surface area (Å²) < 4.78 is 20.4. The average Bonchev–Trinajstić information content (AvgIpc) is 3.35. The van der Waals surface area contributed by atoms with Crippen LogP contribution in [-0.4, -0.2) is 33.4 Å². The molecular weight excluding hydrogens is 353 g/mol. The van der Waals surface area contributed by atoms with Crippen LogP contribution in [0.15, 0.2) is 48.5 Å². The molecule has 1 aliphatic carbocycles. The summed E-state index contributed by atoms with van der Waals surface area (Å²) in [4.78, 5) is 23.2. The molecule has 0 amide bonds. The van der Waals surface area contributed by atoms with E-state index in [0.717, 1.165) is 11.1 Å². The molecule has 0 spiro atoms. The third-order valence-electron chi connectivity index (χ3n) is 5.62. The number of nitrogens with two attached hydrogens (primary N) is 1. The van der Waals surface area contributed by atoms with Gasteiger partial charge in [-0.05, 0) is 18.6 Å². The van der Waals surface area contributed by atoms with Gasteiger partial charge in [0.2, 0.25) is 5.67 Å². The molecule has 2 aliphatic rings. The zero-order valence-electron chi connectivity index (χ0n) is 14.3. The molecular formula is C20H18FNO5. The summed E-state index contributed by atoms with van der Waals surface area (Å²) in [7, 11) is 0. The van der Waals surface area contributed by atoms with Gasteiger partial charge >= 0.3 is 11.9 Å². The highest BCUT2D eigenvalue weighted by Crippen LogP contribution is 2.57. The number of ether oxygens (including phenoxy) is 1. The number of rotatable bonds is 5. The molecule has 27 heavy (non-hydrogen) atoms. The molecule has 0 bridgehead atoms. The van der Waals surface area contributed by atoms with Crippen LogP contribution in [0.25, 0.3) is 0 Å². The number of carboxylic acid groups (broad SMARTS) is 2. The Morgan fingerprint density at radius 3 is 2.07 bits per heavy atom. The van der Waals surface area contributed by atoms with Crippen molar-refractivity contribution in [2.45, 2.75) is 30.0 Å². The summed E-state index contributed by atoms with van der Waals surface area (Å²) in [6.45, 7) is 0. The molecule has 0 unspecified atom stereocenters. The molecule has 1 aliphatic heterocycles. The number of halogens is 1. The third kappa shape index (κ3) is 2.57. The number of carbonyl (C=O) groups is 2. The van der Waals surface area contributed by atoms with Crippen molar-refractivity contribution in [1.82, 2.24) is 0 Å². The molecule has 2 aromatic carbocycles. The molecule has 140 valence electrons. The van der Waals surface area contributed by atoms with Gasteiger partial charge in [-0.25, -0.2) is 9.18 Å². The number of hydrogen-bond acceptors (Lipinski definition) is 4. The number of benzene rings is 2. The SMILES string of the molecule is N[C@@](CC1c2ccccc2Oc2ccccc21)(C(=O)O)[C@H]1C[C@]1(F)C(=O)O. The molecule has 3 atom stereocenters. The Bertz CT molecular complexity index is 902. The first kappa shape index (κ1) is 17.5. The Labute approximate surface area is 154 Å². The van der Waals surface area contributed by atoms with E-state index in [1.165, 1.54) is 0 Å². The van der Waals surface area contributed by atoms with E-state index < -0.39 is 41.4 Å². The predicted molar refractivity (Wildman–Crippen MR) is 93.6 cm³/mol. The third-order valence-corrected chi connectivity index (χ3v) is 5.62. The number of para-hydroxylation sites is 2. The Balaban J connectivity index is 1.77. The summed E-state index contributed by atoms with van der Waals surface area (Å²) >= 11 is 0. The summed E-state index contributed by atoms with van der Waals surface area (Å²) in [5, 5.41) is 18.9. The van der Waals surface area contributed by atoms with Crippen molar-refractivity contribution in [1.29, 1.82) is 0 Å². The quantitative estimate of drug-likeness (QED) is 0.745. The van der Waals surface area contributed by atoms with Gasteiger partial charge in [-0.15, -0.1) is 0 Å². The fourth-order valence-electron chi connectivity index (χ4n) is 4.01. The number of fused-ring (bicyclic) bond motifs is 2. The van der Waals surface area contributed by atoms with Crippen molar-refractivity contribution < 1.29 is 28.9 Å². The van der Waals surface area contributed by atoms with Crippen LogP contribution in [-0.2, 0) is 9.59 Å². The molecule has 6 nitrogen and oxygen atoms in total. The van der Waals surface area contributed by atoms with E-state index in [2.05, 4.69) is 0 Å². The molecule has 2 aromatic rings. The van der Waals surface area contributed by atoms with Crippen LogP contribution in [0.4, 0.5) is 4.39 Å². The maximum Gasteiger partial charge on any atom is 0.341 e. The zero-order chi connectivity index (χ0) is 19.4. The Kier molecular flexibility index (Phi) is 3.75. The Hall–Kier alpha value is -2.93. The first-order chi connectivity index (χ1) is 12.8. The Morgan fingerprint density at radius 2 is 1.63 bits per heavy atom. The van der Waals surface area contributed by atoms with Gasteiger partial charge in [-0.1, -0.05) is 36.4 Å². The summed E-state index contributed by atoms with van der Waals surface area (Å²) in [6.07, 6.45) is -0.541. The van der Waals surface area contributed by atoms with Crippen molar-refractivity contribution in [2.75, 3.05) is 0 Å². The van der Waals surface area contributed by atoms with Gasteiger partial charge in [0.25, 0.3) is 0 Å². The highest BCUT2D eigenvalue weighted by molar-refractivity contribution is 5.88. The maximum atomic E-state index is 14.5. The van der Waals surface area contributed by atoms with Crippen LogP contribution >= 0.6 is 0 Å².